The molecule has 1 aromatic carbocycles. The molecule has 0 saturated carbocycles. The van der Waals surface area contributed by atoms with E-state index in [1.165, 1.54) is 0 Å². The number of nitrogens with zero attached hydrogens (tertiary/aromatic N) is 3. The zero-order valence-corrected chi connectivity index (χ0v) is 15.1. The number of hydrogen-bond acceptors (Lipinski definition) is 4. The van der Waals surface area contributed by atoms with Gasteiger partial charge in [-0.1, -0.05) is 6.07 Å². The molecule has 2 aromatic heterocycles. The number of benzene rings is 1. The van der Waals surface area contributed by atoms with Gasteiger partial charge < -0.3 is 19.6 Å². The van der Waals surface area contributed by atoms with Crippen molar-refractivity contribution in [3.05, 3.63) is 51.9 Å². The smallest absolute Gasteiger partial charge is 0.253 e. The minimum Gasteiger partial charge on any atom is -0.383 e. The second kappa shape index (κ2) is 6.82. The van der Waals surface area contributed by atoms with E-state index in [0.717, 1.165) is 28.0 Å². The number of aryl methyl sites for hydroxylation is 2. The minimum absolute atomic E-state index is 0.00164. The molecule has 6 heteroatoms. The maximum atomic E-state index is 12.0. The van der Waals surface area contributed by atoms with Crippen molar-refractivity contribution < 1.29 is 4.74 Å². The molecule has 0 fully saturated rings. The summed E-state index contributed by atoms with van der Waals surface area (Å²) in [7, 11) is 3.45. The summed E-state index contributed by atoms with van der Waals surface area (Å²) in [5.41, 5.74) is 10.3. The molecule has 6 nitrogen and oxygen atoms in total. The Hall–Kier alpha value is -2.44. The first-order valence-electron chi connectivity index (χ1n) is 8.33. The highest BCUT2D eigenvalue weighted by Gasteiger charge is 2.18. The zero-order valence-electron chi connectivity index (χ0n) is 15.1. The monoisotopic (exact) mass is 340 g/mol. The predicted molar refractivity (Wildman–Crippen MR) is 99.6 cm³/mol. The van der Waals surface area contributed by atoms with E-state index in [9.17, 15) is 4.79 Å². The predicted octanol–water partition coefficient (Wildman–Crippen LogP) is 2.38. The Bertz CT molecular complexity index is 945. The van der Waals surface area contributed by atoms with Crippen LogP contribution >= 0.6 is 0 Å². The van der Waals surface area contributed by atoms with Gasteiger partial charge in [-0.15, -0.1) is 0 Å². The van der Waals surface area contributed by atoms with Crippen LogP contribution in [0.2, 0.25) is 0 Å². The Morgan fingerprint density at radius 1 is 1.32 bits per heavy atom. The van der Waals surface area contributed by atoms with Crippen molar-refractivity contribution in [3.63, 3.8) is 0 Å². The summed E-state index contributed by atoms with van der Waals surface area (Å²) < 4.78 is 9.12. The lowest BCUT2D eigenvalue weighted by molar-refractivity contribution is 0.164. The lowest BCUT2D eigenvalue weighted by Crippen LogP contribution is -2.19. The fourth-order valence-electron chi connectivity index (χ4n) is 3.24. The molecule has 0 amide bonds. The van der Waals surface area contributed by atoms with Gasteiger partial charge in [0.05, 0.1) is 23.7 Å². The summed E-state index contributed by atoms with van der Waals surface area (Å²) in [6.07, 6.45) is 1.83. The van der Waals surface area contributed by atoms with Crippen LogP contribution in [0.15, 0.2) is 35.3 Å². The molecule has 0 radical (unpaired) electrons. The summed E-state index contributed by atoms with van der Waals surface area (Å²) in [5, 5.41) is 0. The molecule has 2 heterocycles. The normalized spacial score (nSPS) is 12.7. The largest absolute Gasteiger partial charge is 0.383 e. The maximum Gasteiger partial charge on any atom is 0.253 e. The third-order valence-corrected chi connectivity index (χ3v) is 4.46. The van der Waals surface area contributed by atoms with E-state index in [4.69, 9.17) is 15.5 Å². The highest BCUT2D eigenvalue weighted by atomic mass is 16.5. The Morgan fingerprint density at radius 3 is 2.72 bits per heavy atom. The third kappa shape index (κ3) is 3.10. The van der Waals surface area contributed by atoms with Gasteiger partial charge in [-0.05, 0) is 37.6 Å². The van der Waals surface area contributed by atoms with E-state index in [0.29, 0.717) is 18.7 Å². The van der Waals surface area contributed by atoms with E-state index in [-0.39, 0.29) is 11.6 Å². The van der Waals surface area contributed by atoms with Gasteiger partial charge in [-0.3, -0.25) is 4.79 Å². The quantitative estimate of drug-likeness (QED) is 0.774. The van der Waals surface area contributed by atoms with E-state index in [2.05, 4.69) is 17.6 Å². The number of ether oxygens (including phenoxy) is 1. The Kier molecular flexibility index (Phi) is 4.74. The first-order chi connectivity index (χ1) is 12.0. The first-order valence-corrected chi connectivity index (χ1v) is 8.33. The van der Waals surface area contributed by atoms with Crippen molar-refractivity contribution in [2.45, 2.75) is 26.4 Å². The second-order valence-electron chi connectivity index (χ2n) is 6.46. The standard InChI is InChI=1S/C19H24N4O2/c1-12-7-15(10-22(3)19(12)24)18-21-16-8-14(9-20)5-6-17(16)23(18)13(2)11-25-4/h5-8,10,13H,9,11,20H2,1-4H3. The van der Waals surface area contributed by atoms with Crippen LogP contribution in [0.3, 0.4) is 0 Å². The SMILES string of the molecule is COCC(C)n1c(-c2cc(C)c(=O)n(C)c2)nc2cc(CN)ccc21. The average molecular weight is 340 g/mol. The number of pyridine rings is 1. The highest BCUT2D eigenvalue weighted by molar-refractivity contribution is 5.81. The van der Waals surface area contributed by atoms with E-state index < -0.39 is 0 Å². The molecular weight excluding hydrogens is 316 g/mol. The van der Waals surface area contributed by atoms with Gasteiger partial charge in [-0.25, -0.2) is 4.98 Å². The van der Waals surface area contributed by atoms with Crippen LogP contribution < -0.4 is 11.3 Å². The number of fused-ring (bicyclic) bond motifs is 1. The zero-order chi connectivity index (χ0) is 18.1. The number of hydrogen-bond donors (Lipinski definition) is 1. The van der Waals surface area contributed by atoms with Crippen molar-refractivity contribution in [2.24, 2.45) is 12.8 Å². The number of aromatic nitrogens is 3. The number of imidazole rings is 1. The molecular formula is C19H24N4O2. The van der Waals surface area contributed by atoms with Crippen molar-refractivity contribution in [1.82, 2.24) is 14.1 Å². The van der Waals surface area contributed by atoms with Gasteiger partial charge >= 0.3 is 0 Å². The fourth-order valence-corrected chi connectivity index (χ4v) is 3.24. The van der Waals surface area contributed by atoms with Gasteiger partial charge in [0, 0.05) is 38.0 Å². The fraction of sp³-hybridized carbons (Fsp3) is 0.368. The molecule has 0 bridgehead atoms. The summed E-state index contributed by atoms with van der Waals surface area (Å²) in [6.45, 7) is 4.97. The van der Waals surface area contributed by atoms with Crippen molar-refractivity contribution in [1.29, 1.82) is 0 Å². The topological polar surface area (TPSA) is 75.1 Å². The molecule has 1 atom stereocenters. The second-order valence-corrected chi connectivity index (χ2v) is 6.46. The molecule has 1 unspecified atom stereocenters. The van der Waals surface area contributed by atoms with Gasteiger partial charge in [0.1, 0.15) is 5.82 Å². The Morgan fingerprint density at radius 2 is 2.08 bits per heavy atom. The van der Waals surface area contributed by atoms with Crippen LogP contribution in [0, 0.1) is 6.92 Å². The maximum absolute atomic E-state index is 12.0. The Balaban J connectivity index is 2.29. The number of methoxy groups -OCH3 is 1. The number of nitrogens with two attached hydrogens (primary N) is 1. The van der Waals surface area contributed by atoms with Crippen LogP contribution in [0.5, 0.6) is 0 Å². The summed E-state index contributed by atoms with van der Waals surface area (Å²) >= 11 is 0. The number of rotatable bonds is 5. The molecule has 3 rings (SSSR count). The molecule has 2 N–H and O–H groups in total. The van der Waals surface area contributed by atoms with Crippen molar-refractivity contribution >= 4 is 11.0 Å². The molecule has 0 spiro atoms. The molecule has 0 saturated heterocycles. The lowest BCUT2D eigenvalue weighted by Gasteiger charge is -2.17. The molecule has 25 heavy (non-hydrogen) atoms. The highest BCUT2D eigenvalue weighted by Crippen LogP contribution is 2.29. The van der Waals surface area contributed by atoms with Crippen molar-refractivity contribution in [2.75, 3.05) is 13.7 Å². The van der Waals surface area contributed by atoms with E-state index >= 15 is 0 Å². The van der Waals surface area contributed by atoms with Gasteiger partial charge in [0.25, 0.3) is 5.56 Å². The third-order valence-electron chi connectivity index (χ3n) is 4.46. The summed E-state index contributed by atoms with van der Waals surface area (Å²) in [6, 6.07) is 8.09. The van der Waals surface area contributed by atoms with Crippen LogP contribution in [0.4, 0.5) is 0 Å². The molecule has 132 valence electrons. The summed E-state index contributed by atoms with van der Waals surface area (Å²) in [4.78, 5) is 16.9. The van der Waals surface area contributed by atoms with Gasteiger partial charge in [0.15, 0.2) is 0 Å². The van der Waals surface area contributed by atoms with Crippen LogP contribution in [0.1, 0.15) is 24.1 Å². The van der Waals surface area contributed by atoms with Crippen LogP contribution in [0.25, 0.3) is 22.4 Å². The van der Waals surface area contributed by atoms with Crippen molar-refractivity contribution in [3.8, 4) is 11.4 Å². The molecule has 0 aliphatic rings. The Labute approximate surface area is 146 Å². The van der Waals surface area contributed by atoms with Crippen LogP contribution in [-0.4, -0.2) is 27.8 Å². The van der Waals surface area contributed by atoms with E-state index in [1.54, 1.807) is 18.7 Å². The van der Waals surface area contributed by atoms with Crippen LogP contribution in [-0.2, 0) is 18.3 Å². The minimum atomic E-state index is 0.00164. The molecule has 3 aromatic rings. The van der Waals surface area contributed by atoms with Gasteiger partial charge in [0.2, 0.25) is 0 Å². The molecule has 0 aliphatic heterocycles. The molecule has 0 aliphatic carbocycles. The summed E-state index contributed by atoms with van der Waals surface area (Å²) in [5.74, 6) is 0.826. The first kappa shape index (κ1) is 17.4. The van der Waals surface area contributed by atoms with Gasteiger partial charge in [-0.2, -0.15) is 0 Å². The average Bonchev–Trinajstić information content (AvgIpc) is 2.97. The van der Waals surface area contributed by atoms with E-state index in [1.807, 2.05) is 31.3 Å². The lowest BCUT2D eigenvalue weighted by atomic mass is 10.2.